The third-order valence-corrected chi connectivity index (χ3v) is 10.9. The highest BCUT2D eigenvalue weighted by Gasteiger charge is 2.85. The number of thioether (sulfide) groups is 1. The molecule has 1 aromatic carbocycles. The van der Waals surface area contributed by atoms with Gasteiger partial charge in [0.15, 0.2) is 28.7 Å². The number of carbonyl (C=O) groups excluding carboxylic acids is 3. The maximum atomic E-state index is 13.3. The van der Waals surface area contributed by atoms with Crippen LogP contribution in [0.5, 0.6) is 0 Å². The molecule has 0 spiro atoms. The van der Waals surface area contributed by atoms with E-state index in [1.165, 1.54) is 11.5 Å². The van der Waals surface area contributed by atoms with E-state index in [1.807, 2.05) is 37.3 Å². The summed E-state index contributed by atoms with van der Waals surface area (Å²) in [4.78, 5) is 55.9. The van der Waals surface area contributed by atoms with Gasteiger partial charge < -0.3 is 34.4 Å². The lowest BCUT2D eigenvalue weighted by molar-refractivity contribution is -0.120. The number of aliphatic hydroxyl groups excluding tert-OH is 1. The number of ether oxygens (including phenoxy) is 4. The van der Waals surface area contributed by atoms with Gasteiger partial charge in [-0.15, -0.1) is 0 Å². The number of benzene rings is 1. The quantitative estimate of drug-likeness (QED) is 0.112. The molecule has 262 valence electrons. The van der Waals surface area contributed by atoms with Crippen LogP contribution in [0, 0.1) is 5.41 Å². The topological polar surface area (TPSA) is 186 Å². The number of anilines is 1. The van der Waals surface area contributed by atoms with Gasteiger partial charge in [0.25, 0.3) is 5.56 Å². The van der Waals surface area contributed by atoms with Crippen molar-refractivity contribution < 1.29 is 38.4 Å². The van der Waals surface area contributed by atoms with E-state index in [2.05, 4.69) is 10.3 Å². The van der Waals surface area contributed by atoms with Crippen LogP contribution in [-0.4, -0.2) is 92.0 Å². The summed E-state index contributed by atoms with van der Waals surface area (Å²) in [6.07, 6.45) is 3.35. The Morgan fingerprint density at radius 2 is 1.98 bits per heavy atom. The summed E-state index contributed by atoms with van der Waals surface area (Å²) in [5.41, 5.74) is 2.75. The van der Waals surface area contributed by atoms with Crippen molar-refractivity contribution in [2.24, 2.45) is 5.41 Å². The van der Waals surface area contributed by atoms with Crippen LogP contribution in [0.1, 0.15) is 44.9 Å². The van der Waals surface area contributed by atoms with Gasteiger partial charge in [-0.3, -0.25) is 28.9 Å². The Morgan fingerprint density at radius 1 is 1.24 bits per heavy atom. The summed E-state index contributed by atoms with van der Waals surface area (Å²) in [6, 6.07) is 8.92. The lowest BCUT2D eigenvalue weighted by Gasteiger charge is -2.21. The van der Waals surface area contributed by atoms with Crippen LogP contribution in [0.3, 0.4) is 0 Å². The summed E-state index contributed by atoms with van der Waals surface area (Å²) >= 11 is 1.02. The number of methoxy groups -OCH3 is 1. The van der Waals surface area contributed by atoms with Crippen molar-refractivity contribution in [3.8, 4) is 0 Å². The van der Waals surface area contributed by atoms with E-state index in [9.17, 15) is 24.3 Å². The molecule has 2 fully saturated rings. The van der Waals surface area contributed by atoms with Crippen LogP contribution in [-0.2, 0) is 46.3 Å². The molecule has 2 saturated carbocycles. The number of aliphatic hydroxyl groups is 1. The highest BCUT2D eigenvalue weighted by atomic mass is 32.2. The van der Waals surface area contributed by atoms with E-state index < -0.39 is 34.5 Å². The minimum absolute atomic E-state index is 0.0584. The first kappa shape index (κ1) is 35.0. The molecular weight excluding hydrogens is 654 g/mol. The number of carbonyl (C=O) groups is 3. The number of aldehydes is 1. The van der Waals surface area contributed by atoms with Crippen LogP contribution < -0.4 is 16.6 Å². The Kier molecular flexibility index (Phi) is 9.13. The van der Waals surface area contributed by atoms with Crippen molar-refractivity contribution in [1.82, 2.24) is 19.3 Å². The second-order valence-electron chi connectivity index (χ2n) is 13.2. The third-order valence-electron chi connectivity index (χ3n) is 9.76. The molecule has 0 radical (unpaired) electrons. The number of imidazole rings is 1. The Balaban J connectivity index is 1.20. The number of aromatic nitrogens is 3. The van der Waals surface area contributed by atoms with Crippen molar-refractivity contribution in [1.29, 1.82) is 0 Å². The number of nitrogen functional groups attached to an aromatic ring is 1. The number of fused-ring (bicyclic) bond motifs is 2. The maximum Gasteiger partial charge on any atom is 0.264 e. The molecule has 3 heterocycles. The normalized spacial score (nSPS) is 27.3. The molecular formula is C34H41N5O9S. The van der Waals surface area contributed by atoms with Crippen molar-refractivity contribution in [2.45, 2.75) is 69.7 Å². The second-order valence-corrected chi connectivity index (χ2v) is 14.2. The zero-order valence-corrected chi connectivity index (χ0v) is 28.9. The van der Waals surface area contributed by atoms with Crippen LogP contribution >= 0.6 is 11.8 Å². The first-order valence-electron chi connectivity index (χ1n) is 16.0. The van der Waals surface area contributed by atoms with E-state index in [0.29, 0.717) is 24.8 Å². The summed E-state index contributed by atoms with van der Waals surface area (Å²) in [6.45, 7) is 6.81. The molecule has 3 aromatic rings. The van der Waals surface area contributed by atoms with E-state index in [-0.39, 0.29) is 65.0 Å². The number of nitrogens with zero attached hydrogens (tertiary/aromatic N) is 3. The molecule has 5 atom stereocenters. The SMILES string of the molecule is CCc1c(N)nc2n(C3C4(C)OC(COC5C(=O)C5(NCc5ccccc5)OCCSC(=O)C(C)(C)CO)=C(C=O)C34OC)ccn2c1=O. The van der Waals surface area contributed by atoms with Gasteiger partial charge in [-0.1, -0.05) is 49.0 Å². The largest absolute Gasteiger partial charge is 0.483 e. The Hall–Kier alpha value is -3.86. The fourth-order valence-corrected chi connectivity index (χ4v) is 7.60. The van der Waals surface area contributed by atoms with Gasteiger partial charge in [0, 0.05) is 31.8 Å². The number of nitrogens with two attached hydrogens (primary N) is 1. The maximum absolute atomic E-state index is 13.3. The lowest BCUT2D eigenvalue weighted by atomic mass is 9.97. The molecule has 14 nitrogen and oxygen atoms in total. The molecule has 0 bridgehead atoms. The van der Waals surface area contributed by atoms with Crippen LogP contribution in [0.15, 0.2) is 58.9 Å². The molecule has 1 aliphatic heterocycles. The van der Waals surface area contributed by atoms with E-state index in [4.69, 9.17) is 24.7 Å². The van der Waals surface area contributed by atoms with Crippen LogP contribution in [0.25, 0.3) is 5.78 Å². The highest BCUT2D eigenvalue weighted by Crippen LogP contribution is 2.70. The predicted octanol–water partition coefficient (Wildman–Crippen LogP) is 1.57. The molecule has 4 N–H and O–H groups in total. The van der Waals surface area contributed by atoms with Crippen molar-refractivity contribution in [3.05, 3.63) is 75.5 Å². The smallest absolute Gasteiger partial charge is 0.264 e. The monoisotopic (exact) mass is 695 g/mol. The van der Waals surface area contributed by atoms with E-state index in [1.54, 1.807) is 37.7 Å². The van der Waals surface area contributed by atoms with Gasteiger partial charge in [-0.25, -0.2) is 0 Å². The van der Waals surface area contributed by atoms with Crippen molar-refractivity contribution in [3.63, 3.8) is 0 Å². The molecule has 15 heteroatoms. The summed E-state index contributed by atoms with van der Waals surface area (Å²) in [5.74, 6) is 0.566. The van der Waals surface area contributed by atoms with Gasteiger partial charge in [0.05, 0.1) is 29.8 Å². The van der Waals surface area contributed by atoms with Crippen LogP contribution in [0.4, 0.5) is 5.82 Å². The minimum Gasteiger partial charge on any atom is -0.483 e. The zero-order valence-electron chi connectivity index (χ0n) is 28.1. The Bertz CT molecular complexity index is 1890. The Morgan fingerprint density at radius 3 is 2.63 bits per heavy atom. The van der Waals surface area contributed by atoms with Gasteiger partial charge >= 0.3 is 0 Å². The fraction of sp³-hybridized carbons (Fsp3) is 0.500. The summed E-state index contributed by atoms with van der Waals surface area (Å²) in [5, 5.41) is 12.5. The zero-order chi connectivity index (χ0) is 35.4. The summed E-state index contributed by atoms with van der Waals surface area (Å²) in [7, 11) is 1.48. The van der Waals surface area contributed by atoms with Crippen molar-refractivity contribution in [2.75, 3.05) is 38.4 Å². The molecule has 5 unspecified atom stereocenters. The van der Waals surface area contributed by atoms with Gasteiger partial charge in [-0.2, -0.15) is 4.98 Å². The van der Waals surface area contributed by atoms with Gasteiger partial charge in [0.1, 0.15) is 24.2 Å². The third kappa shape index (κ3) is 5.43. The molecule has 2 aromatic heterocycles. The lowest BCUT2D eigenvalue weighted by Crippen LogP contribution is -2.40. The average molecular weight is 696 g/mol. The first-order chi connectivity index (χ1) is 23.4. The number of nitrogens with one attached hydrogen (secondary N) is 1. The molecule has 3 aliphatic rings. The van der Waals surface area contributed by atoms with Gasteiger partial charge in [0.2, 0.25) is 17.3 Å². The van der Waals surface area contributed by atoms with E-state index in [0.717, 1.165) is 17.3 Å². The molecule has 6 rings (SSSR count). The predicted molar refractivity (Wildman–Crippen MR) is 180 cm³/mol. The number of hydrogen-bond donors (Lipinski definition) is 3. The van der Waals surface area contributed by atoms with Gasteiger partial charge in [-0.05, 0) is 32.8 Å². The fourth-order valence-electron chi connectivity index (χ4n) is 6.80. The molecule has 49 heavy (non-hydrogen) atoms. The second kappa shape index (κ2) is 12.8. The average Bonchev–Trinajstić information content (AvgIpc) is 3.64. The minimum atomic E-state index is -1.47. The van der Waals surface area contributed by atoms with Crippen LogP contribution in [0.2, 0.25) is 0 Å². The number of Topliss-reactive ketones (excluding diaryl/α,β-unsaturated/α-hetero) is 1. The standard InChI is InChI=1S/C34H41N5O9S/c1-6-21-26(35)37-30-38(27(21)43)12-13-39(30)28-32(4)33(28,45-5)22(17-40)23(48-32)18-46-25-24(42)34(25,36-16-20-10-8-7-9-11-20)47-14-15-49-29(44)31(2,3)19-41/h7-13,17,25,28,36,41H,6,14-16,18-19,35H2,1-5H3. The molecule has 2 aliphatic carbocycles. The molecule has 0 saturated heterocycles. The van der Waals surface area contributed by atoms with Crippen molar-refractivity contribution >= 4 is 40.5 Å². The number of hydrogen-bond acceptors (Lipinski definition) is 13. The number of rotatable bonds is 16. The Labute approximate surface area is 286 Å². The van der Waals surface area contributed by atoms with E-state index >= 15 is 0 Å². The summed E-state index contributed by atoms with van der Waals surface area (Å²) < 4.78 is 27.7. The molecule has 0 amide bonds. The first-order valence-corrected chi connectivity index (χ1v) is 17.0. The number of ketones is 1. The highest BCUT2D eigenvalue weighted by molar-refractivity contribution is 8.13.